The van der Waals surface area contributed by atoms with E-state index in [2.05, 4.69) is 27.3 Å². The lowest BCUT2D eigenvalue weighted by Gasteiger charge is -2.18. The van der Waals surface area contributed by atoms with Crippen LogP contribution in [0.4, 0.5) is 5.69 Å². The van der Waals surface area contributed by atoms with Crippen LogP contribution in [0.5, 0.6) is 0 Å². The number of carboxylic acid groups (broad SMARTS) is 1. The molecule has 0 radical (unpaired) electrons. The summed E-state index contributed by atoms with van der Waals surface area (Å²) in [5.41, 5.74) is 1.54. The van der Waals surface area contributed by atoms with Crippen molar-refractivity contribution >= 4 is 33.5 Å². The molecule has 1 aromatic rings. The lowest BCUT2D eigenvalue weighted by atomic mass is 9.93. The number of amides is 1. The van der Waals surface area contributed by atoms with Gasteiger partial charge in [-0.05, 0) is 59.8 Å². The molecule has 2 rings (SSSR count). The molecule has 1 aliphatic rings. The second kappa shape index (κ2) is 6.22. The molecule has 20 heavy (non-hydrogen) atoms. The van der Waals surface area contributed by atoms with E-state index in [0.29, 0.717) is 10.2 Å². The highest BCUT2D eigenvalue weighted by Crippen LogP contribution is 2.27. The van der Waals surface area contributed by atoms with Crippen molar-refractivity contribution in [3.8, 4) is 0 Å². The largest absolute Gasteiger partial charge is 0.478 e. The molecule has 0 fully saturated rings. The first-order valence-corrected chi connectivity index (χ1v) is 7.27. The van der Waals surface area contributed by atoms with Crippen LogP contribution in [0.3, 0.4) is 0 Å². The fraction of sp³-hybridized carbons (Fsp3) is 0.333. The van der Waals surface area contributed by atoms with Crippen LogP contribution in [-0.4, -0.2) is 17.0 Å². The molecule has 106 valence electrons. The molecule has 1 unspecified atom stereocenters. The van der Waals surface area contributed by atoms with Crippen LogP contribution in [0.2, 0.25) is 0 Å². The molecule has 1 aliphatic carbocycles. The van der Waals surface area contributed by atoms with Crippen molar-refractivity contribution in [3.05, 3.63) is 39.9 Å². The summed E-state index contributed by atoms with van der Waals surface area (Å²) in [6.07, 6.45) is 6.59. The van der Waals surface area contributed by atoms with Crippen LogP contribution >= 0.6 is 15.9 Å². The first kappa shape index (κ1) is 14.8. The maximum atomic E-state index is 12.2. The Bertz CT molecular complexity index is 581. The van der Waals surface area contributed by atoms with E-state index in [0.717, 1.165) is 24.8 Å². The number of carbonyl (C=O) groups excluding carboxylic acids is 1. The Morgan fingerprint density at radius 2 is 2.10 bits per heavy atom. The number of aromatic carboxylic acids is 1. The molecular weight excluding hydrogens is 322 g/mol. The van der Waals surface area contributed by atoms with E-state index in [1.165, 1.54) is 6.07 Å². The number of carbonyl (C=O) groups is 2. The quantitative estimate of drug-likeness (QED) is 0.825. The number of nitrogens with one attached hydrogen (secondary N) is 1. The van der Waals surface area contributed by atoms with Crippen LogP contribution < -0.4 is 5.32 Å². The molecule has 1 atom stereocenters. The van der Waals surface area contributed by atoms with Crippen molar-refractivity contribution < 1.29 is 14.7 Å². The third-order valence-corrected chi connectivity index (χ3v) is 4.10. The van der Waals surface area contributed by atoms with Gasteiger partial charge in [0.15, 0.2) is 0 Å². The lowest BCUT2D eigenvalue weighted by molar-refractivity contribution is -0.120. The molecule has 0 spiro atoms. The first-order chi connectivity index (χ1) is 9.49. The zero-order valence-corrected chi connectivity index (χ0v) is 12.7. The number of allylic oxidation sites excluding steroid dienone is 2. The Balaban J connectivity index is 2.20. The fourth-order valence-corrected chi connectivity index (χ4v) is 2.87. The highest BCUT2D eigenvalue weighted by molar-refractivity contribution is 9.10. The number of hydrogen-bond donors (Lipinski definition) is 2. The summed E-state index contributed by atoms with van der Waals surface area (Å²) in [5, 5.41) is 12.0. The van der Waals surface area contributed by atoms with Crippen LogP contribution in [0.25, 0.3) is 0 Å². The van der Waals surface area contributed by atoms with E-state index in [1.54, 1.807) is 6.07 Å². The molecule has 5 heteroatoms. The molecular formula is C15H16BrNO3. The third-order valence-electron chi connectivity index (χ3n) is 3.44. The monoisotopic (exact) mass is 337 g/mol. The standard InChI is InChI=1S/C15H16BrNO3/c1-9-7-12(16)11(15(19)20)8-13(9)17-14(18)10-5-3-2-4-6-10/h2-3,7-8,10H,4-6H2,1H3,(H,17,18)(H,19,20). The Kier molecular flexibility index (Phi) is 4.60. The number of aryl methyl sites for hydroxylation is 1. The van der Waals surface area contributed by atoms with E-state index in [4.69, 9.17) is 5.11 Å². The predicted molar refractivity (Wildman–Crippen MR) is 80.9 cm³/mol. The minimum absolute atomic E-state index is 0.0312. The van der Waals surface area contributed by atoms with Gasteiger partial charge < -0.3 is 10.4 Å². The van der Waals surface area contributed by atoms with Crippen molar-refractivity contribution in [2.24, 2.45) is 5.92 Å². The Labute approximate surface area is 126 Å². The number of hydrogen-bond acceptors (Lipinski definition) is 2. The van der Waals surface area contributed by atoms with Crippen LogP contribution in [0.1, 0.15) is 35.2 Å². The zero-order valence-electron chi connectivity index (χ0n) is 11.1. The van der Waals surface area contributed by atoms with Crippen molar-refractivity contribution in [1.29, 1.82) is 0 Å². The highest BCUT2D eigenvalue weighted by atomic mass is 79.9. The third kappa shape index (κ3) is 3.28. The summed E-state index contributed by atoms with van der Waals surface area (Å²) < 4.78 is 0.515. The number of carboxylic acids is 1. The topological polar surface area (TPSA) is 66.4 Å². The summed E-state index contributed by atoms with van der Waals surface area (Å²) in [7, 11) is 0. The molecule has 2 N–H and O–H groups in total. The van der Waals surface area contributed by atoms with Crippen molar-refractivity contribution in [1.82, 2.24) is 0 Å². The summed E-state index contributed by atoms with van der Waals surface area (Å²) in [6, 6.07) is 3.21. The van der Waals surface area contributed by atoms with E-state index in [9.17, 15) is 9.59 Å². The Hall–Kier alpha value is -1.62. The van der Waals surface area contributed by atoms with Crippen LogP contribution in [0, 0.1) is 12.8 Å². The second-order valence-electron chi connectivity index (χ2n) is 4.92. The summed E-state index contributed by atoms with van der Waals surface area (Å²) in [5.74, 6) is -1.10. The maximum absolute atomic E-state index is 12.2. The summed E-state index contributed by atoms with van der Waals surface area (Å²) in [4.78, 5) is 23.3. The fourth-order valence-electron chi connectivity index (χ4n) is 2.24. The number of benzene rings is 1. The predicted octanol–water partition coefficient (Wildman–Crippen LogP) is 3.75. The summed E-state index contributed by atoms with van der Waals surface area (Å²) in [6.45, 7) is 1.84. The van der Waals surface area contributed by atoms with Gasteiger partial charge in [0.2, 0.25) is 5.91 Å². The minimum atomic E-state index is -1.02. The van der Waals surface area contributed by atoms with Gasteiger partial charge in [0, 0.05) is 16.1 Å². The van der Waals surface area contributed by atoms with E-state index < -0.39 is 5.97 Å². The minimum Gasteiger partial charge on any atom is -0.478 e. The molecule has 1 amide bonds. The van der Waals surface area contributed by atoms with Gasteiger partial charge in [0.25, 0.3) is 0 Å². The van der Waals surface area contributed by atoms with Gasteiger partial charge in [0.1, 0.15) is 0 Å². The molecule has 0 heterocycles. The van der Waals surface area contributed by atoms with Gasteiger partial charge in [-0.25, -0.2) is 4.79 Å². The molecule has 0 aromatic heterocycles. The molecule has 0 aliphatic heterocycles. The van der Waals surface area contributed by atoms with Gasteiger partial charge >= 0.3 is 5.97 Å². The number of rotatable bonds is 3. The normalized spacial score (nSPS) is 17.8. The molecule has 0 saturated heterocycles. The smallest absolute Gasteiger partial charge is 0.336 e. The van der Waals surface area contributed by atoms with Gasteiger partial charge in [-0.3, -0.25) is 4.79 Å². The van der Waals surface area contributed by atoms with Gasteiger partial charge in [-0.1, -0.05) is 12.2 Å². The SMILES string of the molecule is Cc1cc(Br)c(C(=O)O)cc1NC(=O)C1CC=CCC1. The van der Waals surface area contributed by atoms with Gasteiger partial charge in [0.05, 0.1) is 5.56 Å². The van der Waals surface area contributed by atoms with E-state index >= 15 is 0 Å². The number of anilines is 1. The van der Waals surface area contributed by atoms with Crippen molar-refractivity contribution in [2.45, 2.75) is 26.2 Å². The van der Waals surface area contributed by atoms with Crippen molar-refractivity contribution in [3.63, 3.8) is 0 Å². The molecule has 1 aromatic carbocycles. The van der Waals surface area contributed by atoms with E-state index in [1.807, 2.05) is 13.0 Å². The molecule has 0 saturated carbocycles. The molecule has 4 nitrogen and oxygen atoms in total. The Morgan fingerprint density at radius 1 is 1.35 bits per heavy atom. The maximum Gasteiger partial charge on any atom is 0.336 e. The van der Waals surface area contributed by atoms with E-state index in [-0.39, 0.29) is 17.4 Å². The Morgan fingerprint density at radius 3 is 2.70 bits per heavy atom. The van der Waals surface area contributed by atoms with Crippen LogP contribution in [0.15, 0.2) is 28.8 Å². The number of halogens is 1. The highest BCUT2D eigenvalue weighted by Gasteiger charge is 2.20. The lowest BCUT2D eigenvalue weighted by Crippen LogP contribution is -2.24. The summed E-state index contributed by atoms with van der Waals surface area (Å²) >= 11 is 3.22. The van der Waals surface area contributed by atoms with Gasteiger partial charge in [-0.2, -0.15) is 0 Å². The van der Waals surface area contributed by atoms with Crippen LogP contribution in [-0.2, 0) is 4.79 Å². The van der Waals surface area contributed by atoms with Gasteiger partial charge in [-0.15, -0.1) is 0 Å². The zero-order chi connectivity index (χ0) is 14.7. The second-order valence-corrected chi connectivity index (χ2v) is 5.78. The first-order valence-electron chi connectivity index (χ1n) is 6.48. The average molecular weight is 338 g/mol. The molecule has 0 bridgehead atoms. The van der Waals surface area contributed by atoms with Crippen molar-refractivity contribution in [2.75, 3.05) is 5.32 Å². The average Bonchev–Trinajstić information content (AvgIpc) is 2.42.